The highest BCUT2D eigenvalue weighted by molar-refractivity contribution is 8.14. The second kappa shape index (κ2) is 9.93. The molecule has 3 atom stereocenters. The Morgan fingerprint density at radius 3 is 2.79 bits per heavy atom. The fraction of sp³-hybridized carbons (Fsp3) is 0.476. The standard InChI is InChI=1S/C21H27N3O4S/c1-3-12-28-21(27)22-18-10-7-11-24(18)19(25)17-13-16(14-23(17)2)29-20(26)15-8-5-4-6-9-15/h3-6,8-9,16-18H,1,7,10-14H2,2H3,(H,22,27)/t16-,17-,18-/m0/s1. The zero-order chi connectivity index (χ0) is 20.8. The highest BCUT2D eigenvalue weighted by atomic mass is 32.2. The molecule has 2 amide bonds. The van der Waals surface area contributed by atoms with E-state index in [4.69, 9.17) is 4.74 Å². The largest absolute Gasteiger partial charge is 0.445 e. The first kappa shape index (κ1) is 21.4. The van der Waals surface area contributed by atoms with Gasteiger partial charge >= 0.3 is 6.09 Å². The Balaban J connectivity index is 1.57. The number of thioether (sulfide) groups is 1. The molecule has 0 aromatic heterocycles. The number of benzene rings is 1. The number of nitrogens with one attached hydrogen (secondary N) is 1. The molecule has 0 saturated carbocycles. The molecule has 29 heavy (non-hydrogen) atoms. The van der Waals surface area contributed by atoms with Crippen LogP contribution < -0.4 is 5.32 Å². The molecule has 2 saturated heterocycles. The maximum atomic E-state index is 13.1. The Bertz CT molecular complexity index is 758. The summed E-state index contributed by atoms with van der Waals surface area (Å²) in [6.45, 7) is 4.93. The zero-order valence-electron chi connectivity index (χ0n) is 16.6. The van der Waals surface area contributed by atoms with Crippen LogP contribution >= 0.6 is 11.8 Å². The number of likely N-dealkylation sites (tertiary alicyclic amines) is 2. The van der Waals surface area contributed by atoms with Crippen molar-refractivity contribution in [2.75, 3.05) is 26.7 Å². The Labute approximate surface area is 175 Å². The number of carbonyl (C=O) groups is 3. The first-order valence-corrected chi connectivity index (χ1v) is 10.7. The third-order valence-corrected chi connectivity index (χ3v) is 6.36. The van der Waals surface area contributed by atoms with Gasteiger partial charge in [0.15, 0.2) is 0 Å². The van der Waals surface area contributed by atoms with Gasteiger partial charge in [-0.05, 0) is 26.3 Å². The number of rotatable bonds is 6. The molecule has 0 unspecified atom stereocenters. The first-order chi connectivity index (χ1) is 14.0. The lowest BCUT2D eigenvalue weighted by Crippen LogP contribution is -2.52. The molecule has 7 nitrogen and oxygen atoms in total. The van der Waals surface area contributed by atoms with E-state index >= 15 is 0 Å². The van der Waals surface area contributed by atoms with Crippen molar-refractivity contribution in [3.8, 4) is 0 Å². The van der Waals surface area contributed by atoms with E-state index in [1.54, 1.807) is 4.90 Å². The van der Waals surface area contributed by atoms with Crippen molar-refractivity contribution in [1.82, 2.24) is 15.1 Å². The third-order valence-electron chi connectivity index (χ3n) is 5.23. The normalized spacial score (nSPS) is 24.3. The minimum absolute atomic E-state index is 0.00530. The summed E-state index contributed by atoms with van der Waals surface area (Å²) in [6, 6.07) is 8.91. The van der Waals surface area contributed by atoms with Crippen molar-refractivity contribution >= 4 is 28.9 Å². The van der Waals surface area contributed by atoms with Crippen LogP contribution in [0.1, 0.15) is 29.6 Å². The molecule has 0 radical (unpaired) electrons. The Hall–Kier alpha value is -2.32. The van der Waals surface area contributed by atoms with Crippen LogP contribution in [0.3, 0.4) is 0 Å². The fourth-order valence-corrected chi connectivity index (χ4v) is 4.97. The lowest BCUT2D eigenvalue weighted by atomic mass is 10.2. The van der Waals surface area contributed by atoms with E-state index < -0.39 is 6.09 Å². The van der Waals surface area contributed by atoms with Crippen LogP contribution in [-0.2, 0) is 9.53 Å². The van der Waals surface area contributed by atoms with E-state index in [0.29, 0.717) is 31.5 Å². The summed E-state index contributed by atoms with van der Waals surface area (Å²) in [5.74, 6) is -0.00530. The minimum atomic E-state index is -0.545. The maximum Gasteiger partial charge on any atom is 0.409 e. The van der Waals surface area contributed by atoms with Crippen molar-refractivity contribution in [3.05, 3.63) is 48.6 Å². The smallest absolute Gasteiger partial charge is 0.409 e. The van der Waals surface area contributed by atoms with Gasteiger partial charge in [-0.1, -0.05) is 54.7 Å². The number of amides is 2. The summed E-state index contributed by atoms with van der Waals surface area (Å²) in [4.78, 5) is 41.2. The van der Waals surface area contributed by atoms with Gasteiger partial charge in [-0.25, -0.2) is 4.79 Å². The number of carbonyl (C=O) groups excluding carboxylic acids is 3. The number of hydrogen-bond acceptors (Lipinski definition) is 6. The van der Waals surface area contributed by atoms with Gasteiger partial charge in [-0.3, -0.25) is 14.5 Å². The number of likely N-dealkylation sites (N-methyl/N-ethyl adjacent to an activating group) is 1. The fourth-order valence-electron chi connectivity index (χ4n) is 3.80. The predicted octanol–water partition coefficient (Wildman–Crippen LogP) is 2.49. The summed E-state index contributed by atoms with van der Waals surface area (Å²) in [7, 11) is 1.91. The van der Waals surface area contributed by atoms with Crippen molar-refractivity contribution in [2.45, 2.75) is 36.7 Å². The van der Waals surface area contributed by atoms with Crippen LogP contribution in [0.15, 0.2) is 43.0 Å². The van der Waals surface area contributed by atoms with Gasteiger partial charge in [-0.2, -0.15) is 0 Å². The molecule has 1 aromatic carbocycles. The molecular formula is C21H27N3O4S. The van der Waals surface area contributed by atoms with Crippen LogP contribution in [0.2, 0.25) is 0 Å². The average molecular weight is 418 g/mol. The van der Waals surface area contributed by atoms with Gasteiger partial charge in [0, 0.05) is 23.9 Å². The van der Waals surface area contributed by atoms with Gasteiger partial charge < -0.3 is 15.0 Å². The number of nitrogens with zero attached hydrogens (tertiary/aromatic N) is 2. The van der Waals surface area contributed by atoms with E-state index in [9.17, 15) is 14.4 Å². The van der Waals surface area contributed by atoms with Crippen molar-refractivity contribution in [2.24, 2.45) is 0 Å². The van der Waals surface area contributed by atoms with Crippen LogP contribution in [0, 0.1) is 0 Å². The van der Waals surface area contributed by atoms with E-state index in [-0.39, 0.29) is 35.1 Å². The van der Waals surface area contributed by atoms with Crippen LogP contribution in [0.5, 0.6) is 0 Å². The minimum Gasteiger partial charge on any atom is -0.445 e. The van der Waals surface area contributed by atoms with E-state index in [1.807, 2.05) is 42.3 Å². The van der Waals surface area contributed by atoms with Gasteiger partial charge in [0.05, 0.1) is 6.04 Å². The lowest BCUT2D eigenvalue weighted by molar-refractivity contribution is -0.136. The second-order valence-corrected chi connectivity index (χ2v) is 8.58. The van der Waals surface area contributed by atoms with Gasteiger partial charge in [0.2, 0.25) is 11.0 Å². The summed E-state index contributed by atoms with van der Waals surface area (Å²) < 4.78 is 4.97. The van der Waals surface area contributed by atoms with Gasteiger partial charge in [0.1, 0.15) is 12.8 Å². The molecule has 2 heterocycles. The highest BCUT2D eigenvalue weighted by Crippen LogP contribution is 2.31. The molecule has 156 valence electrons. The molecule has 1 aromatic rings. The number of ether oxygens (including phenoxy) is 1. The number of hydrogen-bond donors (Lipinski definition) is 1. The Morgan fingerprint density at radius 2 is 2.07 bits per heavy atom. The SMILES string of the molecule is C=CCOC(=O)N[C@@H]1CCCN1C(=O)[C@@H]1C[C@H](SC(=O)c2ccccc2)CN1C. The van der Waals surface area contributed by atoms with E-state index in [1.165, 1.54) is 17.8 Å². The van der Waals surface area contributed by atoms with E-state index in [0.717, 1.165) is 6.42 Å². The molecule has 2 aliphatic heterocycles. The highest BCUT2D eigenvalue weighted by Gasteiger charge is 2.41. The van der Waals surface area contributed by atoms with E-state index in [2.05, 4.69) is 11.9 Å². The second-order valence-electron chi connectivity index (χ2n) is 7.31. The van der Waals surface area contributed by atoms with Gasteiger partial charge in [-0.15, -0.1) is 0 Å². The maximum absolute atomic E-state index is 13.1. The summed E-state index contributed by atoms with van der Waals surface area (Å²) in [5.41, 5.74) is 0.678. The topological polar surface area (TPSA) is 79.0 Å². The molecule has 0 bridgehead atoms. The monoisotopic (exact) mass is 417 g/mol. The summed E-state index contributed by atoms with van der Waals surface area (Å²) in [6.07, 6.45) is 2.75. The Morgan fingerprint density at radius 1 is 1.31 bits per heavy atom. The molecule has 0 spiro atoms. The summed E-state index contributed by atoms with van der Waals surface area (Å²) in [5, 5.41) is 2.86. The molecule has 0 aliphatic carbocycles. The van der Waals surface area contributed by atoms with Crippen molar-refractivity contribution in [1.29, 1.82) is 0 Å². The molecular weight excluding hydrogens is 390 g/mol. The zero-order valence-corrected chi connectivity index (χ0v) is 17.4. The molecule has 2 aliphatic rings. The van der Waals surface area contributed by atoms with Gasteiger partial charge in [0.25, 0.3) is 0 Å². The summed E-state index contributed by atoms with van der Waals surface area (Å²) >= 11 is 1.30. The first-order valence-electron chi connectivity index (χ1n) is 9.80. The third kappa shape index (κ3) is 5.39. The molecule has 8 heteroatoms. The quantitative estimate of drug-likeness (QED) is 0.717. The van der Waals surface area contributed by atoms with Crippen LogP contribution in [-0.4, -0.2) is 71.1 Å². The van der Waals surface area contributed by atoms with Crippen molar-refractivity contribution < 1.29 is 19.1 Å². The van der Waals surface area contributed by atoms with Crippen LogP contribution in [0.4, 0.5) is 4.79 Å². The number of alkyl carbamates (subject to hydrolysis) is 1. The average Bonchev–Trinajstić information content (AvgIpc) is 3.32. The molecule has 3 rings (SSSR count). The predicted molar refractivity (Wildman–Crippen MR) is 113 cm³/mol. The van der Waals surface area contributed by atoms with Crippen LogP contribution in [0.25, 0.3) is 0 Å². The molecule has 1 N–H and O–H groups in total. The molecule has 2 fully saturated rings. The lowest BCUT2D eigenvalue weighted by Gasteiger charge is -2.29. The van der Waals surface area contributed by atoms with Crippen molar-refractivity contribution in [3.63, 3.8) is 0 Å². The Kier molecular flexibility index (Phi) is 7.33.